The fourth-order valence-electron chi connectivity index (χ4n) is 3.17. The van der Waals surface area contributed by atoms with E-state index in [0.717, 1.165) is 23.7 Å². The van der Waals surface area contributed by atoms with E-state index in [4.69, 9.17) is 0 Å². The molecular weight excluding hydrogens is 276 g/mol. The molecule has 0 unspecified atom stereocenters. The largest absolute Gasteiger partial charge is 0.353 e. The van der Waals surface area contributed by atoms with Crippen molar-refractivity contribution in [2.75, 3.05) is 0 Å². The highest BCUT2D eigenvalue weighted by Gasteiger charge is 2.15. The molecule has 1 aliphatic rings. The standard InChI is InChI=1S/C18H22N2O2/c21-17(19-15-7-2-1-3-8-15)11-10-14-12-13-6-4-5-9-16(13)20-18(14)22/h4-6,9,12,15H,1-3,7-8,10-11H2,(H,19,21)(H,20,22). The third kappa shape index (κ3) is 3.56. The third-order valence-electron chi connectivity index (χ3n) is 4.42. The number of nitrogens with one attached hydrogen (secondary N) is 2. The van der Waals surface area contributed by atoms with Crippen molar-refractivity contribution < 1.29 is 4.79 Å². The number of benzene rings is 1. The first-order valence-electron chi connectivity index (χ1n) is 8.13. The van der Waals surface area contributed by atoms with Crippen molar-refractivity contribution in [2.24, 2.45) is 0 Å². The zero-order valence-corrected chi connectivity index (χ0v) is 12.7. The molecule has 4 heteroatoms. The highest BCUT2D eigenvalue weighted by Crippen LogP contribution is 2.17. The lowest BCUT2D eigenvalue weighted by Gasteiger charge is -2.22. The maximum absolute atomic E-state index is 12.0. The number of H-pyrrole nitrogens is 1. The third-order valence-corrected chi connectivity index (χ3v) is 4.42. The van der Waals surface area contributed by atoms with Crippen molar-refractivity contribution in [2.45, 2.75) is 51.0 Å². The van der Waals surface area contributed by atoms with Crippen molar-refractivity contribution in [3.8, 4) is 0 Å². The van der Waals surface area contributed by atoms with Gasteiger partial charge in [0.2, 0.25) is 5.91 Å². The van der Waals surface area contributed by atoms with Gasteiger partial charge in [-0.1, -0.05) is 37.5 Å². The number of carbonyl (C=O) groups excluding carboxylic acids is 1. The summed E-state index contributed by atoms with van der Waals surface area (Å²) in [5.74, 6) is 0.0551. The van der Waals surface area contributed by atoms with Crippen LogP contribution in [0.1, 0.15) is 44.1 Å². The lowest BCUT2D eigenvalue weighted by molar-refractivity contribution is -0.121. The van der Waals surface area contributed by atoms with E-state index in [0.29, 0.717) is 24.4 Å². The summed E-state index contributed by atoms with van der Waals surface area (Å²) in [7, 11) is 0. The minimum atomic E-state index is -0.0934. The average molecular weight is 298 g/mol. The van der Waals surface area contributed by atoms with E-state index >= 15 is 0 Å². The number of fused-ring (bicyclic) bond motifs is 1. The Kier molecular flexibility index (Phi) is 4.56. The van der Waals surface area contributed by atoms with Crippen LogP contribution in [-0.4, -0.2) is 16.9 Å². The summed E-state index contributed by atoms with van der Waals surface area (Å²) in [6, 6.07) is 9.92. The van der Waals surface area contributed by atoms with Gasteiger partial charge in [0.1, 0.15) is 0 Å². The molecule has 2 N–H and O–H groups in total. The topological polar surface area (TPSA) is 62.0 Å². The SMILES string of the molecule is O=C(CCc1cc2ccccc2[nH]c1=O)NC1CCCCC1. The molecule has 1 aromatic heterocycles. The molecule has 1 aromatic carbocycles. The Balaban J connectivity index is 1.62. The van der Waals surface area contributed by atoms with Gasteiger partial charge in [0.15, 0.2) is 0 Å². The zero-order valence-electron chi connectivity index (χ0n) is 12.7. The van der Waals surface area contributed by atoms with Crippen LogP contribution in [0.15, 0.2) is 35.1 Å². The fourth-order valence-corrected chi connectivity index (χ4v) is 3.17. The van der Waals surface area contributed by atoms with Crippen molar-refractivity contribution in [1.82, 2.24) is 10.3 Å². The molecule has 4 nitrogen and oxygen atoms in total. The predicted molar refractivity (Wildman–Crippen MR) is 87.9 cm³/mol. The van der Waals surface area contributed by atoms with Crippen LogP contribution in [0.4, 0.5) is 0 Å². The Labute approximate surface area is 129 Å². The highest BCUT2D eigenvalue weighted by atomic mass is 16.1. The van der Waals surface area contributed by atoms with E-state index in [1.807, 2.05) is 30.3 Å². The lowest BCUT2D eigenvalue weighted by atomic mass is 9.95. The molecular formula is C18H22N2O2. The van der Waals surface area contributed by atoms with Crippen LogP contribution in [0.25, 0.3) is 10.9 Å². The Morgan fingerprint density at radius 1 is 1.18 bits per heavy atom. The minimum Gasteiger partial charge on any atom is -0.353 e. The number of aryl methyl sites for hydroxylation is 1. The zero-order chi connectivity index (χ0) is 15.4. The smallest absolute Gasteiger partial charge is 0.251 e. The van der Waals surface area contributed by atoms with Gasteiger partial charge >= 0.3 is 0 Å². The van der Waals surface area contributed by atoms with Gasteiger partial charge in [0.25, 0.3) is 5.56 Å². The van der Waals surface area contributed by atoms with Gasteiger partial charge in [-0.3, -0.25) is 9.59 Å². The Bertz CT molecular complexity index is 714. The first-order chi connectivity index (χ1) is 10.7. The number of rotatable bonds is 4. The lowest BCUT2D eigenvalue weighted by Crippen LogP contribution is -2.36. The van der Waals surface area contributed by atoms with Crippen molar-refractivity contribution in [1.29, 1.82) is 0 Å². The molecule has 0 atom stereocenters. The number of carbonyl (C=O) groups is 1. The van der Waals surface area contributed by atoms with Crippen molar-refractivity contribution in [3.05, 3.63) is 46.2 Å². The summed E-state index contributed by atoms with van der Waals surface area (Å²) < 4.78 is 0. The molecule has 3 rings (SSSR count). The van der Waals surface area contributed by atoms with Gasteiger partial charge in [-0.25, -0.2) is 0 Å². The first-order valence-corrected chi connectivity index (χ1v) is 8.13. The molecule has 2 aromatic rings. The second-order valence-electron chi connectivity index (χ2n) is 6.11. The second-order valence-corrected chi connectivity index (χ2v) is 6.11. The summed E-state index contributed by atoms with van der Waals surface area (Å²) >= 11 is 0. The van der Waals surface area contributed by atoms with Gasteiger partial charge < -0.3 is 10.3 Å². The predicted octanol–water partition coefficient (Wildman–Crippen LogP) is 2.91. The average Bonchev–Trinajstić information content (AvgIpc) is 2.54. The Hall–Kier alpha value is -2.10. The number of para-hydroxylation sites is 1. The molecule has 22 heavy (non-hydrogen) atoms. The number of aromatic nitrogens is 1. The van der Waals surface area contributed by atoms with Crippen LogP contribution in [0.3, 0.4) is 0 Å². The summed E-state index contributed by atoms with van der Waals surface area (Å²) in [4.78, 5) is 27.0. The maximum Gasteiger partial charge on any atom is 0.251 e. The minimum absolute atomic E-state index is 0.0551. The number of hydrogen-bond acceptors (Lipinski definition) is 2. The molecule has 1 saturated carbocycles. The van der Waals surface area contributed by atoms with Gasteiger partial charge in [-0.2, -0.15) is 0 Å². The monoisotopic (exact) mass is 298 g/mol. The van der Waals surface area contributed by atoms with Crippen LogP contribution in [0.5, 0.6) is 0 Å². The molecule has 0 saturated heterocycles. The molecule has 1 amide bonds. The molecule has 116 valence electrons. The second kappa shape index (κ2) is 6.77. The molecule has 1 fully saturated rings. The van der Waals surface area contributed by atoms with E-state index in [2.05, 4.69) is 10.3 Å². The fraction of sp³-hybridized carbons (Fsp3) is 0.444. The molecule has 1 heterocycles. The van der Waals surface area contributed by atoms with Gasteiger partial charge in [-0.15, -0.1) is 0 Å². The van der Waals surface area contributed by atoms with Crippen LogP contribution < -0.4 is 10.9 Å². The van der Waals surface area contributed by atoms with Crippen molar-refractivity contribution in [3.63, 3.8) is 0 Å². The van der Waals surface area contributed by atoms with Gasteiger partial charge in [0.05, 0.1) is 0 Å². The maximum atomic E-state index is 12.0. The van der Waals surface area contributed by atoms with Crippen LogP contribution in [0, 0.1) is 0 Å². The van der Waals surface area contributed by atoms with E-state index in [1.165, 1.54) is 19.3 Å². The quantitative estimate of drug-likeness (QED) is 0.911. The molecule has 0 aliphatic heterocycles. The highest BCUT2D eigenvalue weighted by molar-refractivity contribution is 5.79. The normalized spacial score (nSPS) is 15.8. The molecule has 0 spiro atoms. The van der Waals surface area contributed by atoms with Crippen LogP contribution in [-0.2, 0) is 11.2 Å². The van der Waals surface area contributed by atoms with Gasteiger partial charge in [-0.05, 0) is 36.8 Å². The number of amides is 1. The molecule has 0 bridgehead atoms. The number of pyridine rings is 1. The summed E-state index contributed by atoms with van der Waals surface area (Å²) in [6.07, 6.45) is 6.71. The number of hydrogen-bond donors (Lipinski definition) is 2. The van der Waals surface area contributed by atoms with E-state index in [-0.39, 0.29) is 11.5 Å². The van der Waals surface area contributed by atoms with E-state index in [1.54, 1.807) is 0 Å². The summed E-state index contributed by atoms with van der Waals surface area (Å²) in [5, 5.41) is 4.10. The van der Waals surface area contributed by atoms with Crippen molar-refractivity contribution >= 4 is 16.8 Å². The summed E-state index contributed by atoms with van der Waals surface area (Å²) in [5.41, 5.74) is 1.42. The Morgan fingerprint density at radius 3 is 2.77 bits per heavy atom. The first kappa shape index (κ1) is 14.8. The molecule has 0 radical (unpaired) electrons. The molecule has 1 aliphatic carbocycles. The summed E-state index contributed by atoms with van der Waals surface area (Å²) in [6.45, 7) is 0. The van der Waals surface area contributed by atoms with E-state index in [9.17, 15) is 9.59 Å². The van der Waals surface area contributed by atoms with Gasteiger partial charge in [0, 0.05) is 23.5 Å². The van der Waals surface area contributed by atoms with E-state index < -0.39 is 0 Å². The van der Waals surface area contributed by atoms with Crippen LogP contribution in [0.2, 0.25) is 0 Å². The van der Waals surface area contributed by atoms with Crippen LogP contribution >= 0.6 is 0 Å². The Morgan fingerprint density at radius 2 is 1.95 bits per heavy atom. The number of aromatic amines is 1.